The quantitative estimate of drug-likeness (QED) is 0.817. The largest absolute Gasteiger partial charge is 0.482 e. The van der Waals surface area contributed by atoms with Gasteiger partial charge in [-0.25, -0.2) is 4.79 Å². The summed E-state index contributed by atoms with van der Waals surface area (Å²) in [6.45, 7) is 3.10. The normalized spacial score (nSPS) is 10.8. The third kappa shape index (κ3) is 4.75. The maximum Gasteiger partial charge on any atom is 0.341 e. The smallest absolute Gasteiger partial charge is 0.341 e. The molecule has 1 rings (SSSR count). The number of rotatable bonds is 5. The number of hydrogen-bond donors (Lipinski definition) is 2. The lowest BCUT2D eigenvalue weighted by molar-refractivity contribution is -0.139. The van der Waals surface area contributed by atoms with Gasteiger partial charge in [0.2, 0.25) is 5.91 Å². The number of aliphatic carboxylic acids is 1. The molecule has 0 saturated heterocycles. The van der Waals surface area contributed by atoms with E-state index in [1.165, 1.54) is 0 Å². The minimum absolute atomic E-state index is 0.165. The molecule has 0 radical (unpaired) electrons. The molecule has 0 heterocycles. The van der Waals surface area contributed by atoms with E-state index in [0.717, 1.165) is 0 Å². The van der Waals surface area contributed by atoms with E-state index in [1.54, 1.807) is 38.1 Å². The molecule has 0 aliphatic heterocycles. The number of carboxylic acids is 1. The Bertz CT molecular complexity index is 436. The molecule has 1 aromatic carbocycles. The molecule has 1 aromatic rings. The van der Waals surface area contributed by atoms with E-state index < -0.39 is 10.3 Å². The van der Waals surface area contributed by atoms with Crippen LogP contribution in [0.2, 0.25) is 0 Å². The number of anilines is 1. The van der Waals surface area contributed by atoms with Crippen LogP contribution in [0.15, 0.2) is 24.3 Å². The molecular formula is C12H14BrNO4. The molecular weight excluding hydrogens is 302 g/mol. The molecule has 0 fully saturated rings. The average Bonchev–Trinajstić information content (AvgIpc) is 2.26. The molecule has 1 amide bonds. The van der Waals surface area contributed by atoms with Crippen LogP contribution in [-0.4, -0.2) is 27.9 Å². The van der Waals surface area contributed by atoms with Crippen LogP contribution in [0.4, 0.5) is 5.69 Å². The molecule has 0 aliphatic rings. The molecule has 98 valence electrons. The van der Waals surface area contributed by atoms with Crippen LogP contribution in [0.3, 0.4) is 0 Å². The standard InChI is InChI=1S/C12H14BrNO4/c1-12(2,13)11(17)14-8-3-5-9(6-4-8)18-7-10(15)16/h3-6H,7H2,1-2H3,(H,14,17)(H,15,16). The van der Waals surface area contributed by atoms with Crippen LogP contribution in [0.5, 0.6) is 5.75 Å². The van der Waals surface area contributed by atoms with Gasteiger partial charge < -0.3 is 15.2 Å². The summed E-state index contributed by atoms with van der Waals surface area (Å²) in [6.07, 6.45) is 0. The van der Waals surface area contributed by atoms with Gasteiger partial charge in [-0.3, -0.25) is 4.79 Å². The van der Waals surface area contributed by atoms with Crippen molar-refractivity contribution in [3.63, 3.8) is 0 Å². The van der Waals surface area contributed by atoms with Crippen molar-refractivity contribution < 1.29 is 19.4 Å². The molecule has 2 N–H and O–H groups in total. The van der Waals surface area contributed by atoms with Crippen molar-refractivity contribution in [2.75, 3.05) is 11.9 Å². The van der Waals surface area contributed by atoms with E-state index in [9.17, 15) is 9.59 Å². The number of hydrogen-bond acceptors (Lipinski definition) is 3. The van der Waals surface area contributed by atoms with E-state index >= 15 is 0 Å². The summed E-state index contributed by atoms with van der Waals surface area (Å²) in [7, 11) is 0. The third-order valence-corrected chi connectivity index (χ3v) is 2.37. The molecule has 0 aliphatic carbocycles. The van der Waals surface area contributed by atoms with E-state index in [1.807, 2.05) is 0 Å². The average molecular weight is 316 g/mol. The van der Waals surface area contributed by atoms with Crippen LogP contribution >= 0.6 is 15.9 Å². The zero-order chi connectivity index (χ0) is 13.8. The highest BCUT2D eigenvalue weighted by molar-refractivity contribution is 9.10. The lowest BCUT2D eigenvalue weighted by Gasteiger charge is -2.15. The Morgan fingerprint density at radius 1 is 1.33 bits per heavy atom. The Morgan fingerprint density at radius 3 is 2.33 bits per heavy atom. The number of carbonyl (C=O) groups excluding carboxylic acids is 1. The molecule has 0 unspecified atom stereocenters. The van der Waals surface area contributed by atoms with Gasteiger partial charge in [-0.15, -0.1) is 0 Å². The fraction of sp³-hybridized carbons (Fsp3) is 0.333. The van der Waals surface area contributed by atoms with Crippen molar-refractivity contribution in [2.24, 2.45) is 0 Å². The fourth-order valence-corrected chi connectivity index (χ4v) is 1.16. The fourth-order valence-electron chi connectivity index (χ4n) is 1.06. The predicted molar refractivity (Wildman–Crippen MR) is 71.2 cm³/mol. The van der Waals surface area contributed by atoms with E-state index in [-0.39, 0.29) is 12.5 Å². The summed E-state index contributed by atoms with van der Waals surface area (Å²) < 4.78 is 4.33. The van der Waals surface area contributed by atoms with Crippen molar-refractivity contribution >= 4 is 33.5 Å². The van der Waals surface area contributed by atoms with Gasteiger partial charge in [-0.1, -0.05) is 15.9 Å². The molecule has 0 saturated carbocycles. The number of nitrogens with one attached hydrogen (secondary N) is 1. The Balaban J connectivity index is 2.60. The highest BCUT2D eigenvalue weighted by atomic mass is 79.9. The van der Waals surface area contributed by atoms with Crippen molar-refractivity contribution in [1.29, 1.82) is 0 Å². The monoisotopic (exact) mass is 315 g/mol. The molecule has 0 spiro atoms. The Labute approximate surface area is 113 Å². The van der Waals surface area contributed by atoms with Gasteiger partial charge >= 0.3 is 5.97 Å². The van der Waals surface area contributed by atoms with Gasteiger partial charge in [0.1, 0.15) is 5.75 Å². The van der Waals surface area contributed by atoms with Gasteiger partial charge in [-0.2, -0.15) is 0 Å². The molecule has 0 aromatic heterocycles. The minimum Gasteiger partial charge on any atom is -0.482 e. The van der Waals surface area contributed by atoms with Gasteiger partial charge in [0.25, 0.3) is 0 Å². The number of amides is 1. The van der Waals surface area contributed by atoms with E-state index in [2.05, 4.69) is 21.2 Å². The highest BCUT2D eigenvalue weighted by Gasteiger charge is 2.23. The van der Waals surface area contributed by atoms with Gasteiger partial charge in [0.05, 0.1) is 4.32 Å². The second-order valence-corrected chi connectivity index (χ2v) is 6.12. The van der Waals surface area contributed by atoms with E-state index in [0.29, 0.717) is 11.4 Å². The first-order chi connectivity index (χ1) is 8.29. The van der Waals surface area contributed by atoms with Crippen LogP contribution in [0, 0.1) is 0 Å². The van der Waals surface area contributed by atoms with Crippen molar-refractivity contribution in [2.45, 2.75) is 18.2 Å². The lowest BCUT2D eigenvalue weighted by atomic mass is 10.2. The van der Waals surface area contributed by atoms with Crippen LogP contribution in [0.1, 0.15) is 13.8 Å². The second-order valence-electron chi connectivity index (χ2n) is 4.13. The van der Waals surface area contributed by atoms with Crippen LogP contribution in [0.25, 0.3) is 0 Å². The summed E-state index contributed by atoms with van der Waals surface area (Å²) in [5, 5.41) is 11.2. The molecule has 0 bridgehead atoms. The number of benzene rings is 1. The molecule has 6 heteroatoms. The summed E-state index contributed by atoms with van der Waals surface area (Å²) in [5.41, 5.74) is 0.621. The highest BCUT2D eigenvalue weighted by Crippen LogP contribution is 2.20. The van der Waals surface area contributed by atoms with Crippen molar-refractivity contribution in [1.82, 2.24) is 0 Å². The van der Waals surface area contributed by atoms with Gasteiger partial charge in [0, 0.05) is 5.69 Å². The number of carbonyl (C=O) groups is 2. The maximum absolute atomic E-state index is 11.7. The molecule has 18 heavy (non-hydrogen) atoms. The first-order valence-corrected chi connectivity index (χ1v) is 6.03. The minimum atomic E-state index is -1.03. The molecule has 5 nitrogen and oxygen atoms in total. The topological polar surface area (TPSA) is 75.6 Å². The Kier molecular flexibility index (Phi) is 4.72. The Morgan fingerprint density at radius 2 is 1.89 bits per heavy atom. The summed E-state index contributed by atoms with van der Waals surface area (Å²) in [4.78, 5) is 22.0. The van der Waals surface area contributed by atoms with E-state index in [4.69, 9.17) is 9.84 Å². The number of alkyl halides is 1. The molecule has 0 atom stereocenters. The second kappa shape index (κ2) is 5.86. The van der Waals surface area contributed by atoms with Crippen molar-refractivity contribution in [3.8, 4) is 5.75 Å². The number of halogens is 1. The van der Waals surface area contributed by atoms with Gasteiger partial charge in [0.15, 0.2) is 6.61 Å². The first-order valence-electron chi connectivity index (χ1n) is 5.24. The van der Waals surface area contributed by atoms with Gasteiger partial charge in [-0.05, 0) is 38.1 Å². The summed E-state index contributed by atoms with van der Waals surface area (Å²) in [6, 6.07) is 6.49. The summed E-state index contributed by atoms with van der Waals surface area (Å²) in [5.74, 6) is -0.761. The van der Waals surface area contributed by atoms with Crippen LogP contribution in [-0.2, 0) is 9.59 Å². The SMILES string of the molecule is CC(C)(Br)C(=O)Nc1ccc(OCC(=O)O)cc1. The van der Waals surface area contributed by atoms with Crippen molar-refractivity contribution in [3.05, 3.63) is 24.3 Å². The first kappa shape index (κ1) is 14.5. The Hall–Kier alpha value is -1.56. The number of ether oxygens (including phenoxy) is 1. The zero-order valence-electron chi connectivity index (χ0n) is 10.1. The third-order valence-electron chi connectivity index (χ3n) is 2.01. The lowest BCUT2D eigenvalue weighted by Crippen LogP contribution is -2.30. The summed E-state index contributed by atoms with van der Waals surface area (Å²) >= 11 is 3.25. The van der Waals surface area contributed by atoms with Crippen LogP contribution < -0.4 is 10.1 Å². The predicted octanol–water partition coefficient (Wildman–Crippen LogP) is 2.26. The number of carboxylic acid groups (broad SMARTS) is 1. The zero-order valence-corrected chi connectivity index (χ0v) is 11.7. The maximum atomic E-state index is 11.7.